The van der Waals surface area contributed by atoms with Gasteiger partial charge in [-0.2, -0.15) is 11.3 Å². The largest absolute Gasteiger partial charge is 0.455 e. The fourth-order valence-corrected chi connectivity index (χ4v) is 3.78. The molecule has 24 heavy (non-hydrogen) atoms. The van der Waals surface area contributed by atoms with Gasteiger partial charge in [0.2, 0.25) is 0 Å². The van der Waals surface area contributed by atoms with Crippen molar-refractivity contribution in [2.24, 2.45) is 0 Å². The average molecular weight is 368 g/mol. The molecular weight excluding hydrogens is 360 g/mol. The molecule has 1 aliphatic heterocycles. The first-order valence-electron chi connectivity index (χ1n) is 6.86. The van der Waals surface area contributed by atoms with Gasteiger partial charge in [0, 0.05) is 34.8 Å². The van der Waals surface area contributed by atoms with E-state index in [0.717, 1.165) is 10.9 Å². The lowest BCUT2D eigenvalue weighted by Crippen LogP contribution is -2.17. The molecule has 1 amide bonds. The molecule has 1 fully saturated rings. The number of rotatable bonds is 1. The van der Waals surface area contributed by atoms with Crippen LogP contribution < -0.4 is 5.32 Å². The number of thiocarbonyl (C=S) groups is 1. The van der Waals surface area contributed by atoms with E-state index in [-0.39, 0.29) is 5.91 Å². The van der Waals surface area contributed by atoms with Crippen LogP contribution in [0.3, 0.4) is 0 Å². The van der Waals surface area contributed by atoms with E-state index in [1.807, 2.05) is 22.9 Å². The number of fused-ring (bicyclic) bond motifs is 1. The van der Waals surface area contributed by atoms with Gasteiger partial charge >= 0.3 is 0 Å². The highest BCUT2D eigenvalue weighted by molar-refractivity contribution is 8.26. The number of nitrogens with zero attached hydrogens (tertiary/aromatic N) is 1. The summed E-state index contributed by atoms with van der Waals surface area (Å²) in [7, 11) is 0. The van der Waals surface area contributed by atoms with E-state index in [9.17, 15) is 4.79 Å². The Labute approximate surface area is 151 Å². The lowest BCUT2D eigenvalue weighted by Gasteiger charge is -1.92. The summed E-state index contributed by atoms with van der Waals surface area (Å²) in [4.78, 5) is 16.5. The molecular formula is C17H8N2O2S3. The molecule has 1 aliphatic rings. The van der Waals surface area contributed by atoms with Crippen molar-refractivity contribution in [3.8, 4) is 11.8 Å². The van der Waals surface area contributed by atoms with Crippen molar-refractivity contribution < 1.29 is 9.21 Å². The van der Waals surface area contributed by atoms with Gasteiger partial charge in [-0.05, 0) is 17.5 Å². The minimum atomic E-state index is -0.207. The van der Waals surface area contributed by atoms with Gasteiger partial charge < -0.3 is 9.73 Å². The molecule has 1 saturated heterocycles. The number of pyridine rings is 1. The van der Waals surface area contributed by atoms with Gasteiger partial charge in [0.1, 0.15) is 10.1 Å². The Hall–Kier alpha value is -2.40. The maximum absolute atomic E-state index is 11.7. The van der Waals surface area contributed by atoms with Gasteiger partial charge in [0.25, 0.3) is 5.91 Å². The third-order valence-electron chi connectivity index (χ3n) is 3.22. The number of thioether (sulfide) groups is 1. The molecule has 4 nitrogen and oxygen atoms in total. The molecule has 4 rings (SSSR count). The zero-order valence-corrected chi connectivity index (χ0v) is 14.5. The van der Waals surface area contributed by atoms with Crippen LogP contribution in [0.5, 0.6) is 0 Å². The Morgan fingerprint density at radius 2 is 2.25 bits per heavy atom. The zero-order chi connectivity index (χ0) is 16.5. The molecule has 0 spiro atoms. The van der Waals surface area contributed by atoms with Gasteiger partial charge in [-0.15, -0.1) is 0 Å². The molecule has 0 saturated carbocycles. The standard InChI is InChI=1S/C17H8N2O2S3/c20-16-14(24-17(22)19-16)6-13-5-12-8-18-7-11(15(12)21-13)2-1-10-3-4-23-9-10/h3-9H,(H,19,20,22)/b14-6+. The van der Waals surface area contributed by atoms with Gasteiger partial charge in [-0.25, -0.2) is 0 Å². The minimum absolute atomic E-state index is 0.207. The molecule has 0 radical (unpaired) electrons. The highest BCUT2D eigenvalue weighted by atomic mass is 32.2. The van der Waals surface area contributed by atoms with Gasteiger partial charge in [0.15, 0.2) is 5.58 Å². The number of amides is 1. The van der Waals surface area contributed by atoms with Gasteiger partial charge in [0.05, 0.1) is 10.5 Å². The zero-order valence-electron chi connectivity index (χ0n) is 12.0. The van der Waals surface area contributed by atoms with E-state index < -0.39 is 0 Å². The Morgan fingerprint density at radius 1 is 1.33 bits per heavy atom. The van der Waals surface area contributed by atoms with Crippen molar-refractivity contribution in [3.63, 3.8) is 0 Å². The summed E-state index contributed by atoms with van der Waals surface area (Å²) in [5.74, 6) is 6.54. The van der Waals surface area contributed by atoms with Crippen LogP contribution in [0.4, 0.5) is 0 Å². The van der Waals surface area contributed by atoms with Crippen LogP contribution in [0.1, 0.15) is 16.9 Å². The number of nitrogens with one attached hydrogen (secondary N) is 1. The third kappa shape index (κ3) is 2.99. The van der Waals surface area contributed by atoms with E-state index in [0.29, 0.717) is 26.1 Å². The summed E-state index contributed by atoms with van der Waals surface area (Å²) >= 11 is 7.80. The predicted molar refractivity (Wildman–Crippen MR) is 101 cm³/mol. The quantitative estimate of drug-likeness (QED) is 0.402. The van der Waals surface area contributed by atoms with E-state index in [2.05, 4.69) is 22.1 Å². The van der Waals surface area contributed by atoms with Crippen LogP contribution in [0, 0.1) is 11.8 Å². The summed E-state index contributed by atoms with van der Waals surface area (Å²) in [6.45, 7) is 0. The van der Waals surface area contributed by atoms with Crippen LogP contribution in [0.25, 0.3) is 17.0 Å². The average Bonchev–Trinajstić information content (AvgIpc) is 3.26. The molecule has 0 aromatic carbocycles. The Morgan fingerprint density at radius 3 is 3.00 bits per heavy atom. The predicted octanol–water partition coefficient (Wildman–Crippen LogP) is 3.78. The summed E-state index contributed by atoms with van der Waals surface area (Å²) in [5.41, 5.74) is 2.33. The van der Waals surface area contributed by atoms with Crippen LogP contribution >= 0.6 is 35.3 Å². The summed E-state index contributed by atoms with van der Waals surface area (Å²) in [6, 6.07) is 3.79. The Bertz CT molecular complexity index is 1050. The maximum atomic E-state index is 11.7. The molecule has 116 valence electrons. The number of carbonyl (C=O) groups is 1. The van der Waals surface area contributed by atoms with E-state index in [1.165, 1.54) is 11.8 Å². The van der Waals surface area contributed by atoms with Crippen LogP contribution in [0.15, 0.2) is 44.6 Å². The highest BCUT2D eigenvalue weighted by Gasteiger charge is 2.22. The monoisotopic (exact) mass is 368 g/mol. The highest BCUT2D eigenvalue weighted by Crippen LogP contribution is 2.29. The fourth-order valence-electron chi connectivity index (χ4n) is 2.17. The van der Waals surface area contributed by atoms with Gasteiger partial charge in [-0.1, -0.05) is 35.8 Å². The van der Waals surface area contributed by atoms with Crippen molar-refractivity contribution in [1.82, 2.24) is 10.3 Å². The van der Waals surface area contributed by atoms with Crippen LogP contribution in [0.2, 0.25) is 0 Å². The second-order valence-corrected chi connectivity index (χ2v) is 7.37. The van der Waals surface area contributed by atoms with E-state index in [1.54, 1.807) is 29.8 Å². The normalized spacial score (nSPS) is 15.6. The van der Waals surface area contributed by atoms with Crippen molar-refractivity contribution in [2.45, 2.75) is 0 Å². The maximum Gasteiger partial charge on any atom is 0.263 e. The molecule has 3 aromatic rings. The lowest BCUT2D eigenvalue weighted by molar-refractivity contribution is -0.115. The molecule has 0 aliphatic carbocycles. The SMILES string of the molecule is O=C1NC(=S)S/C1=C/c1cc2cncc(C#Cc3ccsc3)c2o1. The second-order valence-electron chi connectivity index (χ2n) is 4.87. The molecule has 3 aromatic heterocycles. The molecule has 0 unspecified atom stereocenters. The third-order valence-corrected chi connectivity index (χ3v) is 5.07. The first-order chi connectivity index (χ1) is 11.7. The topological polar surface area (TPSA) is 55.1 Å². The van der Waals surface area contributed by atoms with Crippen LogP contribution in [-0.4, -0.2) is 15.2 Å². The number of hydrogen-bond acceptors (Lipinski definition) is 6. The number of hydrogen-bond donors (Lipinski definition) is 1. The number of thiophene rings is 1. The van der Waals surface area contributed by atoms with Crippen molar-refractivity contribution in [1.29, 1.82) is 0 Å². The summed E-state index contributed by atoms with van der Waals surface area (Å²) < 4.78 is 6.31. The molecule has 1 N–H and O–H groups in total. The first-order valence-corrected chi connectivity index (χ1v) is 9.02. The molecule has 0 atom stereocenters. The molecule has 4 heterocycles. The summed E-state index contributed by atoms with van der Waals surface area (Å²) in [6.07, 6.45) is 5.06. The second kappa shape index (κ2) is 6.24. The Balaban J connectivity index is 1.74. The van der Waals surface area contributed by atoms with Crippen molar-refractivity contribution in [3.05, 3.63) is 57.1 Å². The lowest BCUT2D eigenvalue weighted by atomic mass is 10.2. The summed E-state index contributed by atoms with van der Waals surface area (Å²) in [5, 5.41) is 7.38. The number of furan rings is 1. The Kier molecular flexibility index (Phi) is 3.94. The number of aromatic nitrogens is 1. The molecule has 7 heteroatoms. The van der Waals surface area contributed by atoms with Crippen molar-refractivity contribution >= 4 is 62.6 Å². The smallest absolute Gasteiger partial charge is 0.263 e. The van der Waals surface area contributed by atoms with Gasteiger partial charge in [-0.3, -0.25) is 9.78 Å². The minimum Gasteiger partial charge on any atom is -0.455 e. The number of carbonyl (C=O) groups excluding carboxylic acids is 1. The first kappa shape index (κ1) is 15.1. The van der Waals surface area contributed by atoms with E-state index in [4.69, 9.17) is 16.6 Å². The molecule has 0 bridgehead atoms. The van der Waals surface area contributed by atoms with E-state index >= 15 is 0 Å². The van der Waals surface area contributed by atoms with Crippen LogP contribution in [-0.2, 0) is 4.79 Å². The van der Waals surface area contributed by atoms with Crippen molar-refractivity contribution in [2.75, 3.05) is 0 Å². The fraction of sp³-hybridized carbons (Fsp3) is 0.